The van der Waals surface area contributed by atoms with Gasteiger partial charge < -0.3 is 10.6 Å². The van der Waals surface area contributed by atoms with Gasteiger partial charge in [-0.1, -0.05) is 0 Å². The van der Waals surface area contributed by atoms with Crippen LogP contribution in [0.2, 0.25) is 0 Å². The Labute approximate surface area is 79.1 Å². The quantitative estimate of drug-likeness (QED) is 0.637. The largest absolute Gasteiger partial charge is 0.360 e. The maximum absolute atomic E-state index is 5.18. The SMILES string of the molecule is S=C(NC1CCC1)NC1CCC1. The molecule has 0 unspecified atom stereocenters. The van der Waals surface area contributed by atoms with Crippen LogP contribution in [0.3, 0.4) is 0 Å². The van der Waals surface area contributed by atoms with E-state index in [2.05, 4.69) is 10.6 Å². The van der Waals surface area contributed by atoms with Gasteiger partial charge in [0.2, 0.25) is 0 Å². The molecular weight excluding hydrogens is 168 g/mol. The third-order valence-corrected chi connectivity index (χ3v) is 3.12. The molecule has 0 radical (unpaired) electrons. The standard InChI is InChI=1S/C9H16N2S/c12-9(10-7-3-1-4-7)11-8-5-2-6-8/h7-8H,1-6H2,(H2,10,11,12). The van der Waals surface area contributed by atoms with Crippen LogP contribution < -0.4 is 10.6 Å². The molecule has 0 aliphatic heterocycles. The Balaban J connectivity index is 1.62. The number of rotatable bonds is 2. The Morgan fingerprint density at radius 2 is 1.33 bits per heavy atom. The maximum atomic E-state index is 5.18. The minimum atomic E-state index is 0.671. The van der Waals surface area contributed by atoms with Crippen molar-refractivity contribution in [2.24, 2.45) is 0 Å². The fourth-order valence-electron chi connectivity index (χ4n) is 1.52. The highest BCUT2D eigenvalue weighted by molar-refractivity contribution is 7.80. The van der Waals surface area contributed by atoms with Crippen LogP contribution in [-0.4, -0.2) is 17.2 Å². The van der Waals surface area contributed by atoms with Crippen molar-refractivity contribution in [1.29, 1.82) is 0 Å². The number of thiocarbonyl (C=S) groups is 1. The van der Waals surface area contributed by atoms with E-state index in [0.29, 0.717) is 12.1 Å². The van der Waals surface area contributed by atoms with Crippen molar-refractivity contribution in [3.8, 4) is 0 Å². The van der Waals surface area contributed by atoms with Gasteiger partial charge >= 0.3 is 0 Å². The summed E-state index contributed by atoms with van der Waals surface area (Å²) in [5.41, 5.74) is 0. The van der Waals surface area contributed by atoms with Crippen molar-refractivity contribution in [2.45, 2.75) is 50.6 Å². The molecule has 2 saturated carbocycles. The summed E-state index contributed by atoms with van der Waals surface area (Å²) < 4.78 is 0. The maximum Gasteiger partial charge on any atom is 0.166 e. The van der Waals surface area contributed by atoms with E-state index in [9.17, 15) is 0 Å². The number of hydrogen-bond acceptors (Lipinski definition) is 1. The zero-order valence-corrected chi connectivity index (χ0v) is 8.12. The molecule has 2 rings (SSSR count). The third-order valence-electron chi connectivity index (χ3n) is 2.88. The van der Waals surface area contributed by atoms with Crippen molar-refractivity contribution in [3.05, 3.63) is 0 Å². The zero-order chi connectivity index (χ0) is 8.39. The van der Waals surface area contributed by atoms with Gasteiger partial charge in [0.25, 0.3) is 0 Å². The molecule has 0 aromatic rings. The van der Waals surface area contributed by atoms with Crippen LogP contribution in [-0.2, 0) is 0 Å². The Morgan fingerprint density at radius 1 is 0.917 bits per heavy atom. The highest BCUT2D eigenvalue weighted by Crippen LogP contribution is 2.19. The molecule has 0 saturated heterocycles. The van der Waals surface area contributed by atoms with E-state index < -0.39 is 0 Å². The Bertz CT molecular complexity index is 155. The lowest BCUT2D eigenvalue weighted by Crippen LogP contribution is -2.49. The second-order valence-corrected chi connectivity index (χ2v) is 4.28. The van der Waals surface area contributed by atoms with Crippen molar-refractivity contribution < 1.29 is 0 Å². The smallest absolute Gasteiger partial charge is 0.166 e. The first-order valence-electron chi connectivity index (χ1n) is 4.91. The van der Waals surface area contributed by atoms with Crippen molar-refractivity contribution in [1.82, 2.24) is 10.6 Å². The Kier molecular flexibility index (Phi) is 2.49. The predicted octanol–water partition coefficient (Wildman–Crippen LogP) is 1.56. The van der Waals surface area contributed by atoms with Gasteiger partial charge in [-0.25, -0.2) is 0 Å². The molecule has 2 nitrogen and oxygen atoms in total. The summed E-state index contributed by atoms with van der Waals surface area (Å²) >= 11 is 5.18. The van der Waals surface area contributed by atoms with Crippen LogP contribution in [0, 0.1) is 0 Å². The van der Waals surface area contributed by atoms with Crippen LogP contribution in [0.5, 0.6) is 0 Å². The molecule has 0 spiro atoms. The molecule has 12 heavy (non-hydrogen) atoms. The molecule has 68 valence electrons. The van der Waals surface area contributed by atoms with Gasteiger partial charge in [0.05, 0.1) is 0 Å². The fraction of sp³-hybridized carbons (Fsp3) is 0.889. The lowest BCUT2D eigenvalue weighted by molar-refractivity contribution is 0.359. The molecule has 0 heterocycles. The van der Waals surface area contributed by atoms with E-state index in [-0.39, 0.29) is 0 Å². The highest BCUT2D eigenvalue weighted by atomic mass is 32.1. The van der Waals surface area contributed by atoms with Gasteiger partial charge in [0.1, 0.15) is 0 Å². The molecule has 0 aromatic heterocycles. The third kappa shape index (κ3) is 1.89. The molecular formula is C9H16N2S. The first-order chi connectivity index (χ1) is 5.84. The Morgan fingerprint density at radius 3 is 1.58 bits per heavy atom. The summed E-state index contributed by atoms with van der Waals surface area (Å²) in [6.45, 7) is 0. The molecule has 3 heteroatoms. The molecule has 0 amide bonds. The van der Waals surface area contributed by atoms with Crippen LogP contribution in [0.4, 0.5) is 0 Å². The molecule has 0 atom stereocenters. The van der Waals surface area contributed by atoms with E-state index in [1.54, 1.807) is 0 Å². The van der Waals surface area contributed by atoms with Gasteiger partial charge in [0.15, 0.2) is 5.11 Å². The summed E-state index contributed by atoms with van der Waals surface area (Å²) in [5.74, 6) is 0. The van der Waals surface area contributed by atoms with Gasteiger partial charge in [-0.2, -0.15) is 0 Å². The molecule has 0 bridgehead atoms. The predicted molar refractivity (Wildman–Crippen MR) is 54.1 cm³/mol. The Hall–Kier alpha value is -0.310. The van der Waals surface area contributed by atoms with Crippen molar-refractivity contribution in [2.75, 3.05) is 0 Å². The summed E-state index contributed by atoms with van der Waals surface area (Å²) in [6, 6.07) is 1.34. The van der Waals surface area contributed by atoms with Gasteiger partial charge in [0, 0.05) is 12.1 Å². The second kappa shape index (κ2) is 3.60. The summed E-state index contributed by atoms with van der Waals surface area (Å²) in [5, 5.41) is 7.55. The average molecular weight is 184 g/mol. The molecule has 2 aliphatic rings. The lowest BCUT2D eigenvalue weighted by atomic mass is 9.92. The molecule has 2 N–H and O–H groups in total. The lowest BCUT2D eigenvalue weighted by Gasteiger charge is -2.32. The molecule has 2 fully saturated rings. The topological polar surface area (TPSA) is 24.1 Å². The van der Waals surface area contributed by atoms with E-state index in [1.165, 1.54) is 38.5 Å². The van der Waals surface area contributed by atoms with Crippen LogP contribution >= 0.6 is 12.2 Å². The minimum absolute atomic E-state index is 0.671. The normalized spacial score (nSPS) is 24.0. The fourth-order valence-corrected chi connectivity index (χ4v) is 1.85. The second-order valence-electron chi connectivity index (χ2n) is 3.87. The number of nitrogens with one attached hydrogen (secondary N) is 2. The van der Waals surface area contributed by atoms with E-state index in [4.69, 9.17) is 12.2 Å². The summed E-state index contributed by atoms with van der Waals surface area (Å²) in [6.07, 6.45) is 7.92. The highest BCUT2D eigenvalue weighted by Gasteiger charge is 2.21. The van der Waals surface area contributed by atoms with Crippen LogP contribution in [0.1, 0.15) is 38.5 Å². The first kappa shape index (κ1) is 8.30. The van der Waals surface area contributed by atoms with Gasteiger partial charge in [-0.05, 0) is 50.7 Å². The van der Waals surface area contributed by atoms with Crippen molar-refractivity contribution >= 4 is 17.3 Å². The summed E-state index contributed by atoms with van der Waals surface area (Å²) in [4.78, 5) is 0. The average Bonchev–Trinajstić information content (AvgIpc) is 1.89. The monoisotopic (exact) mass is 184 g/mol. The van der Waals surface area contributed by atoms with Gasteiger partial charge in [-0.15, -0.1) is 0 Å². The molecule has 0 aromatic carbocycles. The van der Waals surface area contributed by atoms with Crippen LogP contribution in [0.25, 0.3) is 0 Å². The zero-order valence-electron chi connectivity index (χ0n) is 7.31. The number of hydrogen-bond donors (Lipinski definition) is 2. The van der Waals surface area contributed by atoms with E-state index >= 15 is 0 Å². The minimum Gasteiger partial charge on any atom is -0.360 e. The molecule has 2 aliphatic carbocycles. The van der Waals surface area contributed by atoms with Gasteiger partial charge in [-0.3, -0.25) is 0 Å². The summed E-state index contributed by atoms with van der Waals surface area (Å²) in [7, 11) is 0. The van der Waals surface area contributed by atoms with Crippen LogP contribution in [0.15, 0.2) is 0 Å². The first-order valence-corrected chi connectivity index (χ1v) is 5.32. The van der Waals surface area contributed by atoms with Crippen molar-refractivity contribution in [3.63, 3.8) is 0 Å². The van der Waals surface area contributed by atoms with E-state index in [0.717, 1.165) is 5.11 Å². The van der Waals surface area contributed by atoms with E-state index in [1.807, 2.05) is 0 Å².